The number of hydrogen-bond donors (Lipinski definition) is 1. The van der Waals surface area contributed by atoms with Gasteiger partial charge in [0.05, 0.1) is 12.3 Å². The number of carbonyl (C=O) groups excluding carboxylic acids is 1. The lowest BCUT2D eigenvalue weighted by Gasteiger charge is -2.31. The second-order valence-corrected chi connectivity index (χ2v) is 7.23. The minimum atomic E-state index is 0.0278. The third-order valence-electron chi connectivity index (χ3n) is 4.97. The smallest absolute Gasteiger partial charge is 0.322 e. The summed E-state index contributed by atoms with van der Waals surface area (Å²) in [7, 11) is 0. The lowest BCUT2D eigenvalue weighted by molar-refractivity contribution is 0.181. The van der Waals surface area contributed by atoms with Crippen LogP contribution in [-0.4, -0.2) is 30.1 Å². The first-order valence-electron chi connectivity index (χ1n) is 8.94. The molecule has 0 aromatic heterocycles. The van der Waals surface area contributed by atoms with Crippen molar-refractivity contribution in [2.75, 3.05) is 18.5 Å². The number of hydrogen-bond acceptors (Lipinski definition) is 2. The van der Waals surface area contributed by atoms with Crippen LogP contribution in [0.15, 0.2) is 24.3 Å². The second kappa shape index (κ2) is 7.24. The van der Waals surface area contributed by atoms with Crippen LogP contribution in [0.25, 0.3) is 0 Å². The lowest BCUT2D eigenvalue weighted by atomic mass is 9.85. The molecule has 4 nitrogen and oxygen atoms in total. The topological polar surface area (TPSA) is 41.6 Å². The molecule has 23 heavy (non-hydrogen) atoms. The van der Waals surface area contributed by atoms with E-state index in [9.17, 15) is 4.79 Å². The Bertz CT molecular complexity index is 544. The quantitative estimate of drug-likeness (QED) is 0.887. The number of fused-ring (bicyclic) bond motifs is 1. The molecule has 0 unspecified atom stereocenters. The molecule has 0 radical (unpaired) electrons. The maximum absolute atomic E-state index is 12.7. The second-order valence-electron chi connectivity index (χ2n) is 7.23. The van der Waals surface area contributed by atoms with Crippen molar-refractivity contribution >= 4 is 11.7 Å². The van der Waals surface area contributed by atoms with E-state index in [1.807, 2.05) is 29.2 Å². The highest BCUT2D eigenvalue weighted by molar-refractivity contribution is 5.91. The van der Waals surface area contributed by atoms with E-state index in [0.29, 0.717) is 24.5 Å². The fraction of sp³-hybridized carbons (Fsp3) is 0.632. The number of rotatable bonds is 4. The van der Waals surface area contributed by atoms with Crippen molar-refractivity contribution in [3.05, 3.63) is 24.3 Å². The van der Waals surface area contributed by atoms with E-state index in [2.05, 4.69) is 19.2 Å². The molecule has 1 heterocycles. The molecule has 2 aliphatic rings. The predicted octanol–water partition coefficient (Wildman–Crippen LogP) is 4.52. The molecule has 2 amide bonds. The summed E-state index contributed by atoms with van der Waals surface area (Å²) in [5.74, 6) is 1.93. The molecule has 0 spiro atoms. The summed E-state index contributed by atoms with van der Waals surface area (Å²) >= 11 is 0. The van der Waals surface area contributed by atoms with Crippen LogP contribution in [0.5, 0.6) is 5.75 Å². The Morgan fingerprint density at radius 2 is 2.04 bits per heavy atom. The van der Waals surface area contributed by atoms with Crippen molar-refractivity contribution in [1.29, 1.82) is 0 Å². The number of amides is 2. The number of nitrogens with zero attached hydrogens (tertiary/aromatic N) is 1. The first-order valence-corrected chi connectivity index (χ1v) is 8.94. The molecule has 0 bridgehead atoms. The number of benzene rings is 1. The van der Waals surface area contributed by atoms with Crippen molar-refractivity contribution in [3.63, 3.8) is 0 Å². The molecule has 1 aliphatic carbocycles. The van der Waals surface area contributed by atoms with Gasteiger partial charge in [-0.05, 0) is 43.2 Å². The van der Waals surface area contributed by atoms with Crippen molar-refractivity contribution in [2.24, 2.45) is 11.8 Å². The molecular weight excluding hydrogens is 288 g/mol. The van der Waals surface area contributed by atoms with Crippen LogP contribution in [0.2, 0.25) is 0 Å². The number of ether oxygens (including phenoxy) is 1. The highest BCUT2D eigenvalue weighted by atomic mass is 16.5. The van der Waals surface area contributed by atoms with Crippen molar-refractivity contribution in [2.45, 2.75) is 52.0 Å². The monoisotopic (exact) mass is 316 g/mol. The van der Waals surface area contributed by atoms with Gasteiger partial charge in [0.15, 0.2) is 0 Å². The minimum absolute atomic E-state index is 0.0278. The van der Waals surface area contributed by atoms with Gasteiger partial charge in [0.2, 0.25) is 0 Å². The van der Waals surface area contributed by atoms with Gasteiger partial charge in [-0.2, -0.15) is 0 Å². The predicted molar refractivity (Wildman–Crippen MR) is 92.9 cm³/mol. The Hall–Kier alpha value is -1.71. The third kappa shape index (κ3) is 3.80. The van der Waals surface area contributed by atoms with Crippen LogP contribution in [0.1, 0.15) is 46.0 Å². The summed E-state index contributed by atoms with van der Waals surface area (Å²) in [4.78, 5) is 14.8. The molecule has 1 aromatic carbocycles. The van der Waals surface area contributed by atoms with Crippen LogP contribution in [0.4, 0.5) is 10.5 Å². The maximum Gasteiger partial charge on any atom is 0.322 e. The van der Waals surface area contributed by atoms with E-state index in [4.69, 9.17) is 4.74 Å². The fourth-order valence-electron chi connectivity index (χ4n) is 3.80. The highest BCUT2D eigenvalue weighted by Gasteiger charge is 2.38. The summed E-state index contributed by atoms with van der Waals surface area (Å²) in [6.45, 7) is 5.78. The third-order valence-corrected chi connectivity index (χ3v) is 4.97. The SMILES string of the molecule is CC(C)COc1ccccc1NC(=O)N1CC[C@H]2CCCC[C@H]21. The zero-order valence-corrected chi connectivity index (χ0v) is 14.3. The maximum atomic E-state index is 12.7. The molecule has 126 valence electrons. The van der Waals surface area contributed by atoms with Crippen LogP contribution >= 0.6 is 0 Å². The van der Waals surface area contributed by atoms with Gasteiger partial charge in [0.25, 0.3) is 0 Å². The van der Waals surface area contributed by atoms with Gasteiger partial charge in [0.1, 0.15) is 5.75 Å². The van der Waals surface area contributed by atoms with Gasteiger partial charge in [0, 0.05) is 12.6 Å². The van der Waals surface area contributed by atoms with Gasteiger partial charge in [-0.3, -0.25) is 0 Å². The zero-order chi connectivity index (χ0) is 16.2. The molecule has 1 saturated carbocycles. The number of nitrogens with one attached hydrogen (secondary N) is 1. The van der Waals surface area contributed by atoms with E-state index < -0.39 is 0 Å². The number of likely N-dealkylation sites (tertiary alicyclic amines) is 1. The number of para-hydroxylation sites is 2. The molecule has 1 saturated heterocycles. The van der Waals surface area contributed by atoms with Gasteiger partial charge in [-0.25, -0.2) is 4.79 Å². The van der Waals surface area contributed by atoms with Gasteiger partial charge < -0.3 is 15.0 Å². The van der Waals surface area contributed by atoms with Gasteiger partial charge in [-0.1, -0.05) is 38.8 Å². The molecule has 1 aliphatic heterocycles. The number of carbonyl (C=O) groups is 1. The van der Waals surface area contributed by atoms with Crippen LogP contribution in [0.3, 0.4) is 0 Å². The van der Waals surface area contributed by atoms with Crippen molar-refractivity contribution < 1.29 is 9.53 Å². The molecule has 1 N–H and O–H groups in total. The summed E-state index contributed by atoms with van der Waals surface area (Å²) in [6, 6.07) is 8.18. The average Bonchev–Trinajstić information content (AvgIpc) is 2.98. The molecule has 2 fully saturated rings. The van der Waals surface area contributed by atoms with Crippen LogP contribution in [0, 0.1) is 11.8 Å². The van der Waals surface area contributed by atoms with Crippen LogP contribution < -0.4 is 10.1 Å². The highest BCUT2D eigenvalue weighted by Crippen LogP contribution is 2.36. The Morgan fingerprint density at radius 3 is 2.87 bits per heavy atom. The molecular formula is C19H28N2O2. The Morgan fingerprint density at radius 1 is 1.26 bits per heavy atom. The first kappa shape index (κ1) is 16.2. The Balaban J connectivity index is 1.66. The molecule has 3 rings (SSSR count). The Kier molecular flexibility index (Phi) is 5.09. The van der Waals surface area contributed by atoms with E-state index in [1.54, 1.807) is 0 Å². The summed E-state index contributed by atoms with van der Waals surface area (Å²) in [5, 5.41) is 3.07. The number of urea groups is 1. The molecule has 1 aromatic rings. The van der Waals surface area contributed by atoms with Gasteiger partial charge >= 0.3 is 6.03 Å². The summed E-state index contributed by atoms with van der Waals surface area (Å²) < 4.78 is 5.84. The standard InChI is InChI=1S/C19H28N2O2/c1-14(2)13-23-18-10-6-4-8-16(18)20-19(22)21-12-11-15-7-3-5-9-17(15)21/h4,6,8,10,14-15,17H,3,5,7,9,11-13H2,1-2H3,(H,20,22)/t15-,17-/m1/s1. The van der Waals surface area contributed by atoms with E-state index in [-0.39, 0.29) is 6.03 Å². The molecule has 4 heteroatoms. The fourth-order valence-corrected chi connectivity index (χ4v) is 3.80. The largest absolute Gasteiger partial charge is 0.491 e. The summed E-state index contributed by atoms with van der Waals surface area (Å²) in [5.41, 5.74) is 0.775. The first-order chi connectivity index (χ1) is 11.1. The van der Waals surface area contributed by atoms with E-state index in [1.165, 1.54) is 19.3 Å². The average molecular weight is 316 g/mol. The van der Waals surface area contributed by atoms with Crippen molar-refractivity contribution in [3.8, 4) is 5.75 Å². The summed E-state index contributed by atoms with van der Waals surface area (Å²) in [6.07, 6.45) is 6.16. The number of anilines is 1. The van der Waals surface area contributed by atoms with Crippen molar-refractivity contribution in [1.82, 2.24) is 4.90 Å². The normalized spacial score (nSPS) is 23.7. The van der Waals surface area contributed by atoms with Crippen LogP contribution in [-0.2, 0) is 0 Å². The van der Waals surface area contributed by atoms with Gasteiger partial charge in [-0.15, -0.1) is 0 Å². The van der Waals surface area contributed by atoms with E-state index >= 15 is 0 Å². The Labute approximate surface area is 139 Å². The van der Waals surface area contributed by atoms with E-state index in [0.717, 1.165) is 30.8 Å². The minimum Gasteiger partial charge on any atom is -0.491 e. The zero-order valence-electron chi connectivity index (χ0n) is 14.3. The lowest BCUT2D eigenvalue weighted by Crippen LogP contribution is -2.41. The molecule has 2 atom stereocenters.